The molecule has 4 rings (SSSR count). The largest absolute Gasteiger partial charge is 0.573 e. The van der Waals surface area contributed by atoms with Gasteiger partial charge >= 0.3 is 12.4 Å². The minimum Gasteiger partial charge on any atom is -0.406 e. The molecule has 0 spiro atoms. The monoisotopic (exact) mass is 640 g/mol. The third-order valence-electron chi connectivity index (χ3n) is 6.17. The van der Waals surface area contributed by atoms with Gasteiger partial charge in [0.25, 0.3) is 0 Å². The van der Waals surface area contributed by atoms with Crippen LogP contribution in [0.15, 0.2) is 72.1 Å². The molecule has 0 fully saturated rings. The average Bonchev–Trinajstić information content (AvgIpc) is 3.46. The van der Waals surface area contributed by atoms with Crippen molar-refractivity contribution in [3.8, 4) is 11.4 Å². The van der Waals surface area contributed by atoms with Crippen LogP contribution in [-0.4, -0.2) is 49.5 Å². The number of amidine groups is 1. The number of alkyl halides is 3. The van der Waals surface area contributed by atoms with Crippen LogP contribution < -0.4 is 20.3 Å². The number of pyridine rings is 1. The fraction of sp³-hybridized carbons (Fsp3) is 0.267. The van der Waals surface area contributed by atoms with Crippen LogP contribution in [-0.2, 0) is 11.3 Å². The lowest BCUT2D eigenvalue weighted by molar-refractivity contribution is -0.274. The summed E-state index contributed by atoms with van der Waals surface area (Å²) in [7, 11) is 0. The molecule has 2 N–H and O–H groups in total. The van der Waals surface area contributed by atoms with Gasteiger partial charge in [0.15, 0.2) is 11.0 Å². The van der Waals surface area contributed by atoms with Crippen molar-refractivity contribution in [2.45, 2.75) is 46.5 Å². The number of carbonyl (C=O) groups is 2. The van der Waals surface area contributed by atoms with E-state index in [1.54, 1.807) is 12.1 Å². The number of ether oxygens (including phenoxy) is 1. The summed E-state index contributed by atoms with van der Waals surface area (Å²) in [6, 6.07) is 13.7. The number of nitrogens with one attached hydrogen (secondary N) is 2. The standard InChI is InChI=1S/C30H31F3N8O3S/c1-5-45-29(40(18-42)25-14-20(4)6-12-24(25)19(2)3)38-28(43)37-21-7-13-26(34-15-21)35-16-27-36-17-41(39-27)22-8-10-23(11-9-22)44-30(31,32)33/h6-15,17-19H,5,16H2,1-4H3,(H,34,35)(H,37,43). The fourth-order valence-corrected chi connectivity index (χ4v) is 4.81. The van der Waals surface area contributed by atoms with Gasteiger partial charge in [-0.3, -0.25) is 9.69 Å². The highest BCUT2D eigenvalue weighted by Crippen LogP contribution is 2.30. The van der Waals surface area contributed by atoms with Gasteiger partial charge in [0, 0.05) is 0 Å². The van der Waals surface area contributed by atoms with Gasteiger partial charge in [-0.25, -0.2) is 19.4 Å². The molecule has 0 aliphatic rings. The summed E-state index contributed by atoms with van der Waals surface area (Å²) in [5.74, 6) is 1.30. The summed E-state index contributed by atoms with van der Waals surface area (Å²) in [6.45, 7) is 8.12. The van der Waals surface area contributed by atoms with Gasteiger partial charge in [-0.2, -0.15) is 4.99 Å². The number of aliphatic imine (C=N–C) groups is 1. The van der Waals surface area contributed by atoms with Crippen molar-refractivity contribution in [1.29, 1.82) is 0 Å². The van der Waals surface area contributed by atoms with E-state index in [4.69, 9.17) is 0 Å². The van der Waals surface area contributed by atoms with Crippen LogP contribution in [0.1, 0.15) is 43.6 Å². The first-order valence-corrected chi connectivity index (χ1v) is 14.8. The first-order valence-electron chi connectivity index (χ1n) is 13.8. The third-order valence-corrected chi connectivity index (χ3v) is 7.00. The molecule has 4 aromatic rings. The van der Waals surface area contributed by atoms with E-state index in [9.17, 15) is 22.8 Å². The molecule has 2 heterocycles. The van der Waals surface area contributed by atoms with Crippen molar-refractivity contribution >= 4 is 46.6 Å². The van der Waals surface area contributed by atoms with Gasteiger partial charge in [0.05, 0.1) is 29.8 Å². The van der Waals surface area contributed by atoms with E-state index in [-0.39, 0.29) is 23.4 Å². The number of anilines is 3. The fourth-order valence-electron chi connectivity index (χ4n) is 4.12. The van der Waals surface area contributed by atoms with Crippen LogP contribution in [0.25, 0.3) is 5.69 Å². The molecule has 0 atom stereocenters. The van der Waals surface area contributed by atoms with E-state index >= 15 is 0 Å². The molecule has 0 aliphatic carbocycles. The first kappa shape index (κ1) is 33.0. The van der Waals surface area contributed by atoms with Crippen molar-refractivity contribution in [2.24, 2.45) is 4.99 Å². The summed E-state index contributed by atoms with van der Waals surface area (Å²) in [5, 5.41) is 10.3. The first-order chi connectivity index (χ1) is 21.5. The number of rotatable bonds is 10. The van der Waals surface area contributed by atoms with Gasteiger partial charge in [-0.05, 0) is 72.2 Å². The molecular weight excluding hydrogens is 609 g/mol. The summed E-state index contributed by atoms with van der Waals surface area (Å²) in [4.78, 5) is 39.1. The van der Waals surface area contributed by atoms with Crippen molar-refractivity contribution in [2.75, 3.05) is 21.3 Å². The molecule has 0 saturated heterocycles. The predicted molar refractivity (Wildman–Crippen MR) is 168 cm³/mol. The molecule has 0 radical (unpaired) electrons. The highest BCUT2D eigenvalue weighted by Gasteiger charge is 2.31. The quantitative estimate of drug-likeness (QED) is 0.109. The maximum Gasteiger partial charge on any atom is 0.573 e. The average molecular weight is 641 g/mol. The Hall–Kier alpha value is -4.92. The highest BCUT2D eigenvalue weighted by molar-refractivity contribution is 8.14. The zero-order chi connectivity index (χ0) is 32.6. The molecule has 3 amide bonds. The van der Waals surface area contributed by atoms with Gasteiger partial charge in [0.2, 0.25) is 6.41 Å². The Morgan fingerprint density at radius 3 is 2.51 bits per heavy atom. The summed E-state index contributed by atoms with van der Waals surface area (Å²) in [6.07, 6.45) is -1.22. The van der Waals surface area contributed by atoms with E-state index < -0.39 is 12.4 Å². The predicted octanol–water partition coefficient (Wildman–Crippen LogP) is 6.91. The van der Waals surface area contributed by atoms with Gasteiger partial charge in [-0.1, -0.05) is 44.7 Å². The number of urea groups is 1. The second-order valence-electron chi connectivity index (χ2n) is 9.88. The lowest BCUT2D eigenvalue weighted by Gasteiger charge is -2.23. The normalized spacial score (nSPS) is 11.8. The van der Waals surface area contributed by atoms with Crippen LogP contribution in [0.2, 0.25) is 0 Å². The number of amides is 3. The summed E-state index contributed by atoms with van der Waals surface area (Å²) < 4.78 is 42.4. The zero-order valence-electron chi connectivity index (χ0n) is 24.9. The molecular formula is C30H31F3N8O3S. The lowest BCUT2D eigenvalue weighted by Crippen LogP contribution is -2.30. The minimum atomic E-state index is -4.77. The molecule has 2 aromatic carbocycles. The van der Waals surface area contributed by atoms with Crippen LogP contribution in [0.5, 0.6) is 5.75 Å². The molecule has 2 aromatic heterocycles. The number of thioether (sulfide) groups is 1. The highest BCUT2D eigenvalue weighted by atomic mass is 32.2. The van der Waals surface area contributed by atoms with Crippen molar-refractivity contribution in [3.63, 3.8) is 0 Å². The van der Waals surface area contributed by atoms with Crippen LogP contribution in [0.4, 0.5) is 35.2 Å². The minimum absolute atomic E-state index is 0.150. The Bertz CT molecular complexity index is 1640. The third kappa shape index (κ3) is 9.28. The molecule has 0 unspecified atom stereocenters. The number of halogens is 3. The Kier molecular flexibility index (Phi) is 10.8. The molecule has 0 saturated carbocycles. The summed E-state index contributed by atoms with van der Waals surface area (Å²) >= 11 is 1.28. The van der Waals surface area contributed by atoms with Gasteiger partial charge in [-0.15, -0.1) is 18.3 Å². The molecule has 45 heavy (non-hydrogen) atoms. The van der Waals surface area contributed by atoms with Crippen molar-refractivity contribution in [1.82, 2.24) is 19.7 Å². The van der Waals surface area contributed by atoms with Crippen molar-refractivity contribution < 1.29 is 27.5 Å². The Morgan fingerprint density at radius 1 is 1.13 bits per heavy atom. The molecule has 0 aliphatic heterocycles. The smallest absolute Gasteiger partial charge is 0.406 e. The second kappa shape index (κ2) is 14.7. The van der Waals surface area contributed by atoms with Crippen LogP contribution in [0.3, 0.4) is 0 Å². The van der Waals surface area contributed by atoms with Gasteiger partial charge in [0.1, 0.15) is 17.9 Å². The number of hydrogen-bond donors (Lipinski definition) is 2. The topological polar surface area (TPSA) is 127 Å². The van der Waals surface area contributed by atoms with E-state index in [0.717, 1.165) is 11.1 Å². The number of aromatic nitrogens is 4. The molecule has 0 bridgehead atoms. The number of benzene rings is 2. The Labute approximate surface area is 261 Å². The number of aryl methyl sites for hydroxylation is 1. The van der Waals surface area contributed by atoms with E-state index in [2.05, 4.69) is 35.4 Å². The molecule has 236 valence electrons. The number of carbonyl (C=O) groups excluding carboxylic acids is 2. The van der Waals surface area contributed by atoms with Crippen LogP contribution >= 0.6 is 11.8 Å². The van der Waals surface area contributed by atoms with E-state index in [1.807, 2.05) is 45.9 Å². The van der Waals surface area contributed by atoms with Crippen molar-refractivity contribution in [3.05, 3.63) is 84.1 Å². The number of nitrogens with zero attached hydrogens (tertiary/aromatic N) is 6. The second-order valence-corrected chi connectivity index (χ2v) is 11.1. The SMILES string of the molecule is CCSC(=NC(=O)Nc1ccc(NCc2ncn(-c3ccc(OC(F)(F)F)cc3)n2)nc1)N(C=O)c1cc(C)ccc1C(C)C. The van der Waals surface area contributed by atoms with Gasteiger partial charge < -0.3 is 15.4 Å². The lowest BCUT2D eigenvalue weighted by atomic mass is 9.99. The number of hydrogen-bond acceptors (Lipinski definition) is 8. The maximum absolute atomic E-state index is 12.9. The Morgan fingerprint density at radius 2 is 1.89 bits per heavy atom. The van der Waals surface area contributed by atoms with Crippen LogP contribution in [0, 0.1) is 6.92 Å². The molecule has 11 nitrogen and oxygen atoms in total. The summed E-state index contributed by atoms with van der Waals surface area (Å²) in [5.41, 5.74) is 3.51. The molecule has 15 heteroatoms. The Balaban J connectivity index is 1.37. The van der Waals surface area contributed by atoms with E-state index in [0.29, 0.717) is 40.9 Å². The van der Waals surface area contributed by atoms with E-state index in [1.165, 1.54) is 58.1 Å². The maximum atomic E-state index is 12.9. The zero-order valence-corrected chi connectivity index (χ0v) is 25.7.